The van der Waals surface area contributed by atoms with Gasteiger partial charge in [0.25, 0.3) is 0 Å². The Kier molecular flexibility index (Phi) is 7.42. The summed E-state index contributed by atoms with van der Waals surface area (Å²) in [7, 11) is 1.73. The fraction of sp³-hybridized carbons (Fsp3) is 0.235. The fourth-order valence-electron chi connectivity index (χ4n) is 2.10. The minimum atomic E-state index is -0.284. The predicted molar refractivity (Wildman–Crippen MR) is 105 cm³/mol. The fourth-order valence-corrected chi connectivity index (χ4v) is 3.34. The average molecular weight is 411 g/mol. The summed E-state index contributed by atoms with van der Waals surface area (Å²) in [6.45, 7) is 0.458. The van der Waals surface area contributed by atoms with E-state index in [0.717, 1.165) is 0 Å². The molecule has 1 aromatic carbocycles. The molecule has 2 rings (SSSR count). The van der Waals surface area contributed by atoms with Gasteiger partial charge in [0.05, 0.1) is 27.8 Å². The largest absolute Gasteiger partial charge is 0.322 e. The third-order valence-corrected chi connectivity index (χ3v) is 4.86. The summed E-state index contributed by atoms with van der Waals surface area (Å²) in [6, 6.07) is 8.63. The Balaban J connectivity index is 1.79. The number of nitriles is 1. The molecule has 2 amide bonds. The third-order valence-electron chi connectivity index (χ3n) is 3.40. The number of halogens is 2. The Bertz CT molecular complexity index is 827. The first-order valence-electron chi connectivity index (χ1n) is 7.60. The van der Waals surface area contributed by atoms with Gasteiger partial charge in [-0.25, -0.2) is 0 Å². The van der Waals surface area contributed by atoms with E-state index in [4.69, 9.17) is 28.5 Å². The van der Waals surface area contributed by atoms with Crippen LogP contribution in [0.1, 0.15) is 12.0 Å². The number of rotatable bonds is 7. The first-order valence-corrected chi connectivity index (χ1v) is 9.24. The van der Waals surface area contributed by atoms with E-state index in [0.29, 0.717) is 32.8 Å². The van der Waals surface area contributed by atoms with Crippen LogP contribution in [0.25, 0.3) is 0 Å². The van der Waals surface area contributed by atoms with Crippen LogP contribution < -0.4 is 10.6 Å². The molecule has 2 aromatic rings. The Morgan fingerprint density at radius 2 is 1.88 bits per heavy atom. The first-order chi connectivity index (χ1) is 12.4. The van der Waals surface area contributed by atoms with Crippen molar-refractivity contribution >= 4 is 57.0 Å². The van der Waals surface area contributed by atoms with Crippen molar-refractivity contribution in [3.63, 3.8) is 0 Å². The lowest BCUT2D eigenvalue weighted by atomic mass is 10.3. The number of thiophene rings is 1. The number of hydrogen-bond donors (Lipinski definition) is 2. The summed E-state index contributed by atoms with van der Waals surface area (Å²) >= 11 is 13.3. The lowest BCUT2D eigenvalue weighted by molar-refractivity contribution is -0.119. The van der Waals surface area contributed by atoms with Crippen LogP contribution in [0.3, 0.4) is 0 Å². The number of likely N-dealkylation sites (N-methyl/N-ethyl adjacent to an activating group) is 1. The topological polar surface area (TPSA) is 85.2 Å². The third kappa shape index (κ3) is 5.71. The molecule has 1 aromatic heterocycles. The molecule has 0 unspecified atom stereocenters. The van der Waals surface area contributed by atoms with Gasteiger partial charge in [-0.3, -0.25) is 14.5 Å². The molecule has 6 nitrogen and oxygen atoms in total. The Hall–Kier alpha value is -2.11. The maximum atomic E-state index is 12.1. The molecule has 0 aliphatic carbocycles. The Morgan fingerprint density at radius 1 is 1.19 bits per heavy atom. The van der Waals surface area contributed by atoms with E-state index in [1.165, 1.54) is 11.3 Å². The van der Waals surface area contributed by atoms with Crippen molar-refractivity contribution in [3.8, 4) is 6.07 Å². The second kappa shape index (κ2) is 9.55. The molecular weight excluding hydrogens is 395 g/mol. The van der Waals surface area contributed by atoms with Crippen molar-refractivity contribution in [2.75, 3.05) is 30.8 Å². The smallest absolute Gasteiger partial charge is 0.238 e. The summed E-state index contributed by atoms with van der Waals surface area (Å²) in [5, 5.41) is 17.3. The lowest BCUT2D eigenvalue weighted by Crippen LogP contribution is -2.32. The minimum absolute atomic E-state index is 0.0806. The van der Waals surface area contributed by atoms with Crippen molar-refractivity contribution in [1.82, 2.24) is 4.90 Å². The van der Waals surface area contributed by atoms with Gasteiger partial charge in [-0.2, -0.15) is 5.26 Å². The molecule has 2 N–H and O–H groups in total. The summed E-state index contributed by atoms with van der Waals surface area (Å²) in [5.41, 5.74) is 0.807. The molecule has 0 atom stereocenters. The van der Waals surface area contributed by atoms with Crippen LogP contribution in [-0.4, -0.2) is 36.9 Å². The van der Waals surface area contributed by atoms with Crippen LogP contribution >= 0.6 is 34.5 Å². The number of anilines is 2. The van der Waals surface area contributed by atoms with Crippen LogP contribution in [0, 0.1) is 11.3 Å². The van der Waals surface area contributed by atoms with E-state index >= 15 is 0 Å². The first kappa shape index (κ1) is 20.2. The Morgan fingerprint density at radius 3 is 2.54 bits per heavy atom. The van der Waals surface area contributed by atoms with Crippen molar-refractivity contribution in [1.29, 1.82) is 5.26 Å². The molecule has 0 radical (unpaired) electrons. The second-order valence-electron chi connectivity index (χ2n) is 5.46. The highest BCUT2D eigenvalue weighted by molar-refractivity contribution is 7.14. The van der Waals surface area contributed by atoms with E-state index < -0.39 is 0 Å². The standard InChI is InChI=1S/C17H16Cl2N4O2S/c1-23(7-5-14(24)22-17-11(9-20)6-8-26-17)10-15(25)21-16-12(18)3-2-4-13(16)19/h2-4,6,8H,5,7,10H2,1H3,(H,21,25)(H,22,24). The van der Waals surface area contributed by atoms with Gasteiger partial charge in [-0.15, -0.1) is 11.3 Å². The highest BCUT2D eigenvalue weighted by Gasteiger charge is 2.13. The average Bonchev–Trinajstić information content (AvgIpc) is 3.03. The number of amides is 2. The number of para-hydroxylation sites is 1. The summed E-state index contributed by atoms with van der Waals surface area (Å²) in [4.78, 5) is 25.8. The molecule has 0 aliphatic rings. The van der Waals surface area contributed by atoms with Crippen LogP contribution in [0.2, 0.25) is 10.0 Å². The molecule has 0 bridgehead atoms. The van der Waals surface area contributed by atoms with Crippen molar-refractivity contribution in [3.05, 3.63) is 45.3 Å². The molecule has 1 heterocycles. The zero-order valence-corrected chi connectivity index (χ0v) is 16.2. The van der Waals surface area contributed by atoms with Gasteiger partial charge in [0, 0.05) is 13.0 Å². The van der Waals surface area contributed by atoms with E-state index in [1.54, 1.807) is 41.6 Å². The van der Waals surface area contributed by atoms with Crippen LogP contribution in [-0.2, 0) is 9.59 Å². The maximum Gasteiger partial charge on any atom is 0.238 e. The second-order valence-corrected chi connectivity index (χ2v) is 7.19. The predicted octanol–water partition coefficient (Wildman–Crippen LogP) is 3.83. The zero-order chi connectivity index (χ0) is 19.1. The van der Waals surface area contributed by atoms with Gasteiger partial charge < -0.3 is 10.6 Å². The summed E-state index contributed by atoms with van der Waals surface area (Å²) < 4.78 is 0. The van der Waals surface area contributed by atoms with E-state index in [1.807, 2.05) is 6.07 Å². The van der Waals surface area contributed by atoms with Gasteiger partial charge in [0.2, 0.25) is 11.8 Å². The van der Waals surface area contributed by atoms with Gasteiger partial charge in [0.1, 0.15) is 11.1 Å². The quantitative estimate of drug-likeness (QED) is 0.725. The number of benzene rings is 1. The summed E-state index contributed by atoms with van der Waals surface area (Å²) in [6.07, 6.45) is 0.194. The number of carbonyl (C=O) groups excluding carboxylic acids is 2. The normalized spacial score (nSPS) is 10.4. The molecule has 0 saturated heterocycles. The van der Waals surface area contributed by atoms with Crippen LogP contribution in [0.4, 0.5) is 10.7 Å². The molecule has 0 spiro atoms. The number of hydrogen-bond acceptors (Lipinski definition) is 5. The molecule has 136 valence electrons. The van der Waals surface area contributed by atoms with E-state index in [9.17, 15) is 9.59 Å². The number of nitrogens with zero attached hydrogens (tertiary/aromatic N) is 2. The molecule has 9 heteroatoms. The van der Waals surface area contributed by atoms with Crippen LogP contribution in [0.15, 0.2) is 29.6 Å². The van der Waals surface area contributed by atoms with Crippen molar-refractivity contribution in [2.24, 2.45) is 0 Å². The van der Waals surface area contributed by atoms with Gasteiger partial charge >= 0.3 is 0 Å². The van der Waals surface area contributed by atoms with Crippen LogP contribution in [0.5, 0.6) is 0 Å². The van der Waals surface area contributed by atoms with E-state index in [-0.39, 0.29) is 24.8 Å². The Labute approximate surface area is 165 Å². The van der Waals surface area contributed by atoms with E-state index in [2.05, 4.69) is 10.6 Å². The SMILES string of the molecule is CN(CCC(=O)Nc1sccc1C#N)CC(=O)Nc1c(Cl)cccc1Cl. The number of carbonyl (C=O) groups is 2. The molecule has 0 aliphatic heterocycles. The van der Waals surface area contributed by atoms with Crippen molar-refractivity contribution in [2.45, 2.75) is 6.42 Å². The molecule has 0 fully saturated rings. The summed E-state index contributed by atoms with van der Waals surface area (Å²) in [5.74, 6) is -0.502. The highest BCUT2D eigenvalue weighted by Crippen LogP contribution is 2.29. The van der Waals surface area contributed by atoms with Gasteiger partial charge in [-0.05, 0) is 30.6 Å². The van der Waals surface area contributed by atoms with Crippen molar-refractivity contribution < 1.29 is 9.59 Å². The molecular formula is C17H16Cl2N4O2S. The number of nitrogens with one attached hydrogen (secondary N) is 2. The molecule has 26 heavy (non-hydrogen) atoms. The minimum Gasteiger partial charge on any atom is -0.322 e. The lowest BCUT2D eigenvalue weighted by Gasteiger charge is -2.16. The zero-order valence-electron chi connectivity index (χ0n) is 13.9. The van der Waals surface area contributed by atoms with Gasteiger partial charge in [0.15, 0.2) is 0 Å². The van der Waals surface area contributed by atoms with Gasteiger partial charge in [-0.1, -0.05) is 29.3 Å². The molecule has 0 saturated carbocycles. The monoisotopic (exact) mass is 410 g/mol. The highest BCUT2D eigenvalue weighted by atomic mass is 35.5. The maximum absolute atomic E-state index is 12.1.